The first-order valence-corrected chi connectivity index (χ1v) is 8.30. The van der Waals surface area contributed by atoms with Crippen LogP contribution < -0.4 is 4.74 Å². The molecule has 0 amide bonds. The number of carbonyl (C=O) groups excluding carboxylic acids is 1. The number of Topliss-reactive ketones (excluding diaryl/α,β-unsaturated/α-hetero) is 1. The lowest BCUT2D eigenvalue weighted by Gasteiger charge is -2.12. The van der Waals surface area contributed by atoms with Gasteiger partial charge in [0.05, 0.1) is 12.6 Å². The standard InChI is InChI=1S/C22H19NO2/c1-14-21(15(2)24)19-13-20(25-3)17-11-7-8-12-18(17)22(19)23(14)16-9-5-4-6-10-16/h4-13H,1-3H3. The van der Waals surface area contributed by atoms with E-state index in [1.54, 1.807) is 14.0 Å². The van der Waals surface area contributed by atoms with Crippen molar-refractivity contribution in [2.45, 2.75) is 13.8 Å². The van der Waals surface area contributed by atoms with Gasteiger partial charge < -0.3 is 9.30 Å². The van der Waals surface area contributed by atoms with Crippen LogP contribution in [0.15, 0.2) is 60.7 Å². The number of ether oxygens (including phenoxy) is 1. The van der Waals surface area contributed by atoms with E-state index in [2.05, 4.69) is 28.8 Å². The molecule has 0 fully saturated rings. The second-order valence-corrected chi connectivity index (χ2v) is 6.21. The third-order valence-electron chi connectivity index (χ3n) is 4.75. The zero-order valence-electron chi connectivity index (χ0n) is 14.5. The minimum absolute atomic E-state index is 0.0644. The number of benzene rings is 3. The van der Waals surface area contributed by atoms with E-state index in [1.807, 2.05) is 43.3 Å². The summed E-state index contributed by atoms with van der Waals surface area (Å²) in [5.41, 5.74) is 3.80. The molecular weight excluding hydrogens is 310 g/mol. The average Bonchev–Trinajstić information content (AvgIpc) is 2.93. The van der Waals surface area contributed by atoms with Gasteiger partial charge in [0.1, 0.15) is 5.75 Å². The van der Waals surface area contributed by atoms with Crippen molar-refractivity contribution in [3.05, 3.63) is 71.9 Å². The summed E-state index contributed by atoms with van der Waals surface area (Å²) < 4.78 is 7.78. The van der Waals surface area contributed by atoms with Crippen molar-refractivity contribution >= 4 is 27.5 Å². The van der Waals surface area contributed by atoms with E-state index < -0.39 is 0 Å². The number of aromatic nitrogens is 1. The third-order valence-corrected chi connectivity index (χ3v) is 4.75. The lowest BCUT2D eigenvalue weighted by atomic mass is 10.0. The molecule has 25 heavy (non-hydrogen) atoms. The molecule has 0 atom stereocenters. The van der Waals surface area contributed by atoms with Crippen LogP contribution >= 0.6 is 0 Å². The van der Waals surface area contributed by atoms with Crippen LogP contribution in [-0.2, 0) is 0 Å². The first-order valence-electron chi connectivity index (χ1n) is 8.30. The maximum atomic E-state index is 12.4. The summed E-state index contributed by atoms with van der Waals surface area (Å²) in [4.78, 5) is 12.4. The Morgan fingerprint density at radius 2 is 1.56 bits per heavy atom. The highest BCUT2D eigenvalue weighted by molar-refractivity contribution is 6.17. The molecule has 0 bridgehead atoms. The SMILES string of the molecule is COc1cc2c(C(C)=O)c(C)n(-c3ccccc3)c2c2ccccc12. The number of rotatable bonds is 3. The number of methoxy groups -OCH3 is 1. The molecule has 3 aromatic carbocycles. The summed E-state index contributed by atoms with van der Waals surface area (Å²) in [7, 11) is 1.67. The Balaban J connectivity index is 2.28. The van der Waals surface area contributed by atoms with Gasteiger partial charge in [-0.1, -0.05) is 42.5 Å². The van der Waals surface area contributed by atoms with E-state index in [9.17, 15) is 4.79 Å². The number of para-hydroxylation sites is 1. The molecule has 3 heteroatoms. The molecule has 0 unspecified atom stereocenters. The van der Waals surface area contributed by atoms with Gasteiger partial charge in [-0.3, -0.25) is 4.79 Å². The molecule has 1 aromatic heterocycles. The smallest absolute Gasteiger partial charge is 0.162 e. The third kappa shape index (κ3) is 2.23. The van der Waals surface area contributed by atoms with Crippen LogP contribution in [-0.4, -0.2) is 17.5 Å². The molecule has 124 valence electrons. The summed E-state index contributed by atoms with van der Waals surface area (Å²) in [5.74, 6) is 0.852. The average molecular weight is 329 g/mol. The van der Waals surface area contributed by atoms with Crippen molar-refractivity contribution in [2.24, 2.45) is 0 Å². The lowest BCUT2D eigenvalue weighted by Crippen LogP contribution is -1.99. The highest BCUT2D eigenvalue weighted by atomic mass is 16.5. The molecule has 0 aliphatic carbocycles. The Bertz CT molecular complexity index is 1110. The summed E-state index contributed by atoms with van der Waals surface area (Å²) in [6, 6.07) is 20.3. The summed E-state index contributed by atoms with van der Waals surface area (Å²) in [5, 5.41) is 3.06. The molecule has 0 N–H and O–H groups in total. The van der Waals surface area contributed by atoms with Crippen molar-refractivity contribution in [3.8, 4) is 11.4 Å². The first kappa shape index (κ1) is 15.5. The van der Waals surface area contributed by atoms with Crippen molar-refractivity contribution < 1.29 is 9.53 Å². The van der Waals surface area contributed by atoms with Crippen LogP contribution in [0.2, 0.25) is 0 Å². The number of ketones is 1. The maximum absolute atomic E-state index is 12.4. The number of hydrogen-bond acceptors (Lipinski definition) is 2. The molecule has 0 saturated carbocycles. The van der Waals surface area contributed by atoms with Crippen molar-refractivity contribution in [1.29, 1.82) is 0 Å². The molecule has 0 aliphatic heterocycles. The Labute approximate surface area is 146 Å². The zero-order chi connectivity index (χ0) is 17.6. The van der Waals surface area contributed by atoms with E-state index in [1.165, 1.54) is 0 Å². The van der Waals surface area contributed by atoms with Crippen LogP contribution in [0.4, 0.5) is 0 Å². The monoisotopic (exact) mass is 329 g/mol. The van der Waals surface area contributed by atoms with E-state index in [4.69, 9.17) is 4.74 Å². The predicted molar refractivity (Wildman–Crippen MR) is 102 cm³/mol. The van der Waals surface area contributed by atoms with Gasteiger partial charge in [-0.05, 0) is 32.0 Å². The number of fused-ring (bicyclic) bond motifs is 3. The van der Waals surface area contributed by atoms with Crippen molar-refractivity contribution in [2.75, 3.05) is 7.11 Å². The molecular formula is C22H19NO2. The molecule has 3 nitrogen and oxygen atoms in total. The van der Waals surface area contributed by atoms with Crippen LogP contribution in [0.25, 0.3) is 27.4 Å². The highest BCUT2D eigenvalue weighted by Crippen LogP contribution is 2.39. The molecule has 1 heterocycles. The van der Waals surface area contributed by atoms with Crippen LogP contribution in [0.5, 0.6) is 5.75 Å². The van der Waals surface area contributed by atoms with Gasteiger partial charge in [0.15, 0.2) is 5.78 Å². The fraction of sp³-hybridized carbons (Fsp3) is 0.136. The van der Waals surface area contributed by atoms with E-state index in [0.717, 1.165) is 44.4 Å². The van der Waals surface area contributed by atoms with Gasteiger partial charge >= 0.3 is 0 Å². The topological polar surface area (TPSA) is 31.2 Å². The summed E-state index contributed by atoms with van der Waals surface area (Å²) >= 11 is 0. The molecule has 0 spiro atoms. The van der Waals surface area contributed by atoms with Crippen molar-refractivity contribution in [3.63, 3.8) is 0 Å². The number of carbonyl (C=O) groups is 1. The van der Waals surface area contributed by atoms with E-state index in [0.29, 0.717) is 0 Å². The normalized spacial score (nSPS) is 11.2. The molecule has 0 saturated heterocycles. The fourth-order valence-electron chi connectivity index (χ4n) is 3.75. The number of nitrogens with zero attached hydrogens (tertiary/aromatic N) is 1. The second-order valence-electron chi connectivity index (χ2n) is 6.21. The maximum Gasteiger partial charge on any atom is 0.162 e. The minimum atomic E-state index is 0.0644. The predicted octanol–water partition coefficient (Wildman–Crippen LogP) is 5.30. The van der Waals surface area contributed by atoms with Crippen LogP contribution in [0.1, 0.15) is 23.0 Å². The number of hydrogen-bond donors (Lipinski definition) is 0. The Hall–Kier alpha value is -3.07. The molecule has 0 radical (unpaired) electrons. The van der Waals surface area contributed by atoms with Crippen LogP contribution in [0.3, 0.4) is 0 Å². The Kier molecular flexibility index (Phi) is 3.57. The minimum Gasteiger partial charge on any atom is -0.496 e. The fourth-order valence-corrected chi connectivity index (χ4v) is 3.75. The van der Waals surface area contributed by atoms with Crippen molar-refractivity contribution in [1.82, 2.24) is 4.57 Å². The van der Waals surface area contributed by atoms with Gasteiger partial charge in [-0.2, -0.15) is 0 Å². The molecule has 0 aliphatic rings. The largest absolute Gasteiger partial charge is 0.496 e. The summed E-state index contributed by atoms with van der Waals surface area (Å²) in [6.45, 7) is 3.63. The van der Waals surface area contributed by atoms with Gasteiger partial charge in [0.2, 0.25) is 0 Å². The van der Waals surface area contributed by atoms with Gasteiger partial charge in [0.25, 0.3) is 0 Å². The van der Waals surface area contributed by atoms with Crippen LogP contribution in [0, 0.1) is 6.92 Å². The van der Waals surface area contributed by atoms with Gasteiger partial charge in [0, 0.05) is 33.1 Å². The van der Waals surface area contributed by atoms with Gasteiger partial charge in [-0.15, -0.1) is 0 Å². The summed E-state index contributed by atoms with van der Waals surface area (Å²) in [6.07, 6.45) is 0. The zero-order valence-corrected chi connectivity index (χ0v) is 14.5. The Morgan fingerprint density at radius 1 is 0.920 bits per heavy atom. The van der Waals surface area contributed by atoms with E-state index in [-0.39, 0.29) is 5.78 Å². The highest BCUT2D eigenvalue weighted by Gasteiger charge is 2.21. The first-order chi connectivity index (χ1) is 12.1. The lowest BCUT2D eigenvalue weighted by molar-refractivity contribution is 0.101. The Morgan fingerprint density at radius 3 is 2.20 bits per heavy atom. The van der Waals surface area contributed by atoms with E-state index >= 15 is 0 Å². The second kappa shape index (κ2) is 5.78. The molecule has 4 aromatic rings. The molecule has 4 rings (SSSR count). The van der Waals surface area contributed by atoms with Gasteiger partial charge in [-0.25, -0.2) is 0 Å². The quantitative estimate of drug-likeness (QED) is 0.477.